The van der Waals surface area contributed by atoms with Crippen LogP contribution in [0.2, 0.25) is 0 Å². The number of rotatable bonds is 2. The molecule has 86 valence electrons. The van der Waals surface area contributed by atoms with Crippen molar-refractivity contribution in [3.05, 3.63) is 56.3 Å². The minimum atomic E-state index is -0.829. The van der Waals surface area contributed by atoms with Crippen molar-refractivity contribution < 1.29 is 0 Å². The summed E-state index contributed by atoms with van der Waals surface area (Å²) in [6.07, 6.45) is 0.586. The average Bonchev–Trinajstić information content (AvgIpc) is 2.50. The molecule has 1 aromatic rings. The van der Waals surface area contributed by atoms with Crippen molar-refractivity contribution in [2.24, 2.45) is 10.2 Å². The first-order chi connectivity index (χ1) is 8.07. The topological polar surface area (TPSA) is 97.5 Å². The third-order valence-corrected chi connectivity index (χ3v) is 3.64. The molecule has 0 fully saturated rings. The number of fused-ring (bicyclic) bond motifs is 1. The van der Waals surface area contributed by atoms with Crippen LogP contribution in [-0.4, -0.2) is 5.54 Å². The van der Waals surface area contributed by atoms with E-state index in [0.29, 0.717) is 6.42 Å². The molecule has 0 aromatic heterocycles. The Balaban J connectivity index is 2.71. The van der Waals surface area contributed by atoms with Crippen molar-refractivity contribution in [3.63, 3.8) is 0 Å². The normalized spacial score (nSPS) is 30.0. The Morgan fingerprint density at radius 1 is 1.12 bits per heavy atom. The van der Waals surface area contributed by atoms with Gasteiger partial charge in [0.25, 0.3) is 0 Å². The number of benzene rings is 1. The highest BCUT2D eigenvalue weighted by Gasteiger charge is 2.51. The summed E-state index contributed by atoms with van der Waals surface area (Å²) < 4.78 is 0. The zero-order valence-electron chi connectivity index (χ0n) is 9.70. The molecule has 0 amide bonds. The maximum Gasteiger partial charge on any atom is 0.0825 e. The smallest absolute Gasteiger partial charge is 0.0825 e. The van der Waals surface area contributed by atoms with Crippen LogP contribution in [0.3, 0.4) is 0 Å². The van der Waals surface area contributed by atoms with Crippen molar-refractivity contribution in [1.82, 2.24) is 0 Å². The van der Waals surface area contributed by atoms with Gasteiger partial charge < -0.3 is 0 Å². The first-order valence-corrected chi connectivity index (χ1v) is 5.28. The molecule has 2 unspecified atom stereocenters. The van der Waals surface area contributed by atoms with Gasteiger partial charge in [-0.2, -0.15) is 0 Å². The highest BCUT2D eigenvalue weighted by molar-refractivity contribution is 5.44. The lowest BCUT2D eigenvalue weighted by Gasteiger charge is -2.33. The van der Waals surface area contributed by atoms with Gasteiger partial charge in [-0.25, -0.2) is 0 Å². The molecule has 0 aliphatic heterocycles. The maximum atomic E-state index is 8.74. The van der Waals surface area contributed by atoms with E-state index in [1.807, 2.05) is 38.1 Å². The van der Waals surface area contributed by atoms with Gasteiger partial charge in [0.15, 0.2) is 0 Å². The van der Waals surface area contributed by atoms with Gasteiger partial charge in [-0.15, -0.1) is 0 Å². The van der Waals surface area contributed by atoms with Crippen LogP contribution in [0.5, 0.6) is 0 Å². The summed E-state index contributed by atoms with van der Waals surface area (Å²) in [5, 5.41) is 7.74. The fourth-order valence-corrected chi connectivity index (χ4v) is 2.46. The van der Waals surface area contributed by atoms with Crippen molar-refractivity contribution in [2.45, 2.75) is 31.3 Å². The predicted molar refractivity (Wildman–Crippen MR) is 64.2 cm³/mol. The van der Waals surface area contributed by atoms with E-state index in [1.165, 1.54) is 0 Å². The van der Waals surface area contributed by atoms with E-state index in [1.54, 1.807) is 0 Å². The standard InChI is InChI=1S/C11H12N6/c1-10(14-16-12)7-8-5-3-4-6-9(8)11(10,2)15-17-13/h3-6H,7H2,1-2H3. The van der Waals surface area contributed by atoms with E-state index >= 15 is 0 Å². The van der Waals surface area contributed by atoms with Gasteiger partial charge in [0.2, 0.25) is 0 Å². The van der Waals surface area contributed by atoms with Gasteiger partial charge in [0, 0.05) is 9.82 Å². The molecule has 0 saturated heterocycles. The van der Waals surface area contributed by atoms with Crippen LogP contribution in [0.25, 0.3) is 20.9 Å². The van der Waals surface area contributed by atoms with Crippen LogP contribution in [0.15, 0.2) is 34.5 Å². The molecule has 6 heteroatoms. The van der Waals surface area contributed by atoms with Gasteiger partial charge in [-0.3, -0.25) is 0 Å². The maximum absolute atomic E-state index is 8.74. The summed E-state index contributed by atoms with van der Waals surface area (Å²) in [4.78, 5) is 5.80. The van der Waals surface area contributed by atoms with Crippen molar-refractivity contribution >= 4 is 0 Å². The Morgan fingerprint density at radius 2 is 1.76 bits per heavy atom. The Labute approximate surface area is 98.5 Å². The summed E-state index contributed by atoms with van der Waals surface area (Å²) in [5.41, 5.74) is 17.9. The molecule has 1 aliphatic carbocycles. The second-order valence-corrected chi connectivity index (χ2v) is 4.56. The van der Waals surface area contributed by atoms with Gasteiger partial charge in [-0.05, 0) is 35.5 Å². The fraction of sp³-hybridized carbons (Fsp3) is 0.455. The molecule has 0 radical (unpaired) electrons. The summed E-state index contributed by atoms with van der Waals surface area (Å²) in [5.74, 6) is 0. The molecule has 1 aliphatic rings. The predicted octanol–water partition coefficient (Wildman–Crippen LogP) is 3.84. The van der Waals surface area contributed by atoms with Crippen LogP contribution in [0.1, 0.15) is 25.0 Å². The quantitative estimate of drug-likeness (QED) is 0.417. The second kappa shape index (κ2) is 3.70. The molecule has 1 aromatic carbocycles. The molecule has 0 N–H and O–H groups in total. The monoisotopic (exact) mass is 228 g/mol. The summed E-state index contributed by atoms with van der Waals surface area (Å²) >= 11 is 0. The van der Waals surface area contributed by atoms with Crippen molar-refractivity contribution in [3.8, 4) is 0 Å². The SMILES string of the molecule is CC1(N=[N+]=[N-])Cc2ccccc2C1(C)N=[N+]=[N-]. The van der Waals surface area contributed by atoms with Crippen LogP contribution < -0.4 is 0 Å². The third-order valence-electron chi connectivity index (χ3n) is 3.64. The van der Waals surface area contributed by atoms with E-state index in [2.05, 4.69) is 20.1 Å². The second-order valence-electron chi connectivity index (χ2n) is 4.56. The number of hydrogen-bond donors (Lipinski definition) is 0. The van der Waals surface area contributed by atoms with Crippen LogP contribution in [0.4, 0.5) is 0 Å². The average molecular weight is 228 g/mol. The lowest BCUT2D eigenvalue weighted by Crippen LogP contribution is -2.40. The largest absolute Gasteiger partial charge is 0.0862 e. The van der Waals surface area contributed by atoms with Gasteiger partial charge in [0.1, 0.15) is 0 Å². The molecule has 2 atom stereocenters. The molecule has 17 heavy (non-hydrogen) atoms. The summed E-state index contributed by atoms with van der Waals surface area (Å²) in [6.45, 7) is 3.63. The van der Waals surface area contributed by atoms with Crippen LogP contribution in [-0.2, 0) is 12.0 Å². The van der Waals surface area contributed by atoms with Crippen LogP contribution >= 0.6 is 0 Å². The van der Waals surface area contributed by atoms with E-state index < -0.39 is 11.1 Å². The zero-order valence-corrected chi connectivity index (χ0v) is 9.70. The molecule has 2 rings (SSSR count). The molecule has 0 heterocycles. The minimum absolute atomic E-state index is 0.586. The minimum Gasteiger partial charge on any atom is -0.0862 e. The molecular weight excluding hydrogens is 216 g/mol. The third kappa shape index (κ3) is 1.43. The lowest BCUT2D eigenvalue weighted by atomic mass is 9.81. The van der Waals surface area contributed by atoms with E-state index in [-0.39, 0.29) is 0 Å². The molecule has 0 spiro atoms. The number of azide groups is 2. The zero-order chi connectivity index (χ0) is 12.5. The molecule has 0 bridgehead atoms. The Hall–Kier alpha value is -2.16. The summed E-state index contributed by atoms with van der Waals surface area (Å²) in [6, 6.07) is 7.71. The fourth-order valence-electron chi connectivity index (χ4n) is 2.46. The Bertz CT molecular complexity index is 555. The molecule has 0 saturated carbocycles. The van der Waals surface area contributed by atoms with Crippen molar-refractivity contribution in [2.75, 3.05) is 0 Å². The van der Waals surface area contributed by atoms with Gasteiger partial charge in [-0.1, -0.05) is 41.4 Å². The van der Waals surface area contributed by atoms with E-state index in [4.69, 9.17) is 11.1 Å². The summed E-state index contributed by atoms with van der Waals surface area (Å²) in [7, 11) is 0. The first kappa shape index (κ1) is 11.3. The van der Waals surface area contributed by atoms with E-state index in [9.17, 15) is 0 Å². The lowest BCUT2D eigenvalue weighted by molar-refractivity contribution is 0.292. The highest BCUT2D eigenvalue weighted by atomic mass is 15.3. The van der Waals surface area contributed by atoms with Gasteiger partial charge in [0.05, 0.1) is 11.1 Å². The number of nitrogens with zero attached hydrogens (tertiary/aromatic N) is 6. The Morgan fingerprint density at radius 3 is 2.41 bits per heavy atom. The van der Waals surface area contributed by atoms with E-state index in [0.717, 1.165) is 11.1 Å². The first-order valence-electron chi connectivity index (χ1n) is 5.28. The van der Waals surface area contributed by atoms with Crippen LogP contribution in [0, 0.1) is 0 Å². The molecule has 6 nitrogen and oxygen atoms in total. The Kier molecular flexibility index (Phi) is 2.46. The van der Waals surface area contributed by atoms with Crippen molar-refractivity contribution in [1.29, 1.82) is 0 Å². The van der Waals surface area contributed by atoms with Gasteiger partial charge >= 0.3 is 0 Å². The molecular formula is C11H12N6. The highest BCUT2D eigenvalue weighted by Crippen LogP contribution is 2.49. The number of hydrogen-bond acceptors (Lipinski definition) is 2.